The van der Waals surface area contributed by atoms with E-state index in [0.717, 1.165) is 0 Å². The van der Waals surface area contributed by atoms with Crippen LogP contribution < -0.4 is 10.5 Å². The molecule has 1 heterocycles. The second-order valence-electron chi connectivity index (χ2n) is 2.66. The van der Waals surface area contributed by atoms with Crippen molar-refractivity contribution in [3.05, 3.63) is 30.2 Å². The summed E-state index contributed by atoms with van der Waals surface area (Å²) in [4.78, 5) is 15.3. The fourth-order valence-electron chi connectivity index (χ4n) is 1.03. The highest BCUT2D eigenvalue weighted by Crippen LogP contribution is 2.15. The Balaban J connectivity index is 2.99. The minimum atomic E-state index is -0.518. The normalized spacial score (nSPS) is 10.9. The van der Waals surface area contributed by atoms with E-state index in [0.29, 0.717) is 11.4 Å². The van der Waals surface area contributed by atoms with E-state index in [-0.39, 0.29) is 5.57 Å². The molecular formula is C10H12N2O3. The van der Waals surface area contributed by atoms with Crippen LogP contribution in [0.4, 0.5) is 0 Å². The molecule has 5 nitrogen and oxygen atoms in total. The number of ether oxygens (including phenoxy) is 2. The molecule has 0 aliphatic heterocycles. The Hall–Kier alpha value is -2.04. The summed E-state index contributed by atoms with van der Waals surface area (Å²) in [5.74, 6) is 0.0927. The Bertz CT molecular complexity index is 371. The third-order valence-corrected chi connectivity index (χ3v) is 1.82. The lowest BCUT2D eigenvalue weighted by Gasteiger charge is -2.04. The SMILES string of the molecule is COC(=O)/C(=C/N)c1ccc(OC)cn1. The number of pyridine rings is 1. The number of carbonyl (C=O) groups excluding carboxylic acids is 1. The molecule has 5 heteroatoms. The summed E-state index contributed by atoms with van der Waals surface area (Å²) in [6.07, 6.45) is 2.67. The van der Waals surface area contributed by atoms with Crippen molar-refractivity contribution in [2.45, 2.75) is 0 Å². The lowest BCUT2D eigenvalue weighted by molar-refractivity contribution is -0.133. The first-order valence-electron chi connectivity index (χ1n) is 4.23. The molecule has 0 unspecified atom stereocenters. The van der Waals surface area contributed by atoms with Gasteiger partial charge in [0.15, 0.2) is 0 Å². The largest absolute Gasteiger partial charge is 0.495 e. The maximum absolute atomic E-state index is 11.3. The van der Waals surface area contributed by atoms with Crippen molar-refractivity contribution in [2.24, 2.45) is 5.73 Å². The van der Waals surface area contributed by atoms with Crippen LogP contribution in [0.1, 0.15) is 5.69 Å². The monoisotopic (exact) mass is 208 g/mol. The Morgan fingerprint density at radius 2 is 2.20 bits per heavy atom. The first-order valence-corrected chi connectivity index (χ1v) is 4.23. The average Bonchev–Trinajstić information content (AvgIpc) is 2.30. The molecular weight excluding hydrogens is 196 g/mol. The van der Waals surface area contributed by atoms with Crippen LogP contribution in [0.2, 0.25) is 0 Å². The highest BCUT2D eigenvalue weighted by Gasteiger charge is 2.12. The van der Waals surface area contributed by atoms with Crippen molar-refractivity contribution >= 4 is 11.5 Å². The van der Waals surface area contributed by atoms with Crippen molar-refractivity contribution in [3.8, 4) is 5.75 Å². The third-order valence-electron chi connectivity index (χ3n) is 1.82. The predicted molar refractivity (Wildman–Crippen MR) is 55.0 cm³/mol. The maximum Gasteiger partial charge on any atom is 0.341 e. The predicted octanol–water partition coefficient (Wildman–Crippen LogP) is 0.563. The number of nitrogens with two attached hydrogens (primary N) is 1. The number of aromatic nitrogens is 1. The zero-order valence-corrected chi connectivity index (χ0v) is 8.56. The summed E-state index contributed by atoms with van der Waals surface area (Å²) in [6.45, 7) is 0. The van der Waals surface area contributed by atoms with Gasteiger partial charge in [0.2, 0.25) is 0 Å². The Morgan fingerprint density at radius 3 is 2.60 bits per heavy atom. The molecule has 15 heavy (non-hydrogen) atoms. The van der Waals surface area contributed by atoms with E-state index < -0.39 is 5.97 Å². The second kappa shape index (κ2) is 4.99. The molecule has 0 aliphatic carbocycles. The first kappa shape index (κ1) is 11.0. The molecule has 0 amide bonds. The molecule has 0 aromatic carbocycles. The zero-order chi connectivity index (χ0) is 11.3. The summed E-state index contributed by atoms with van der Waals surface area (Å²) >= 11 is 0. The Labute approximate surface area is 87.5 Å². The van der Waals surface area contributed by atoms with Crippen LogP contribution >= 0.6 is 0 Å². The van der Waals surface area contributed by atoms with Gasteiger partial charge in [-0.1, -0.05) is 0 Å². The van der Waals surface area contributed by atoms with E-state index in [2.05, 4.69) is 9.72 Å². The molecule has 0 fully saturated rings. The van der Waals surface area contributed by atoms with Crippen LogP contribution in [0, 0.1) is 0 Å². The van der Waals surface area contributed by atoms with E-state index in [1.807, 2.05) is 0 Å². The standard InChI is InChI=1S/C10H12N2O3/c1-14-7-3-4-9(12-6-7)8(5-11)10(13)15-2/h3-6H,11H2,1-2H3/b8-5+. The van der Waals surface area contributed by atoms with Crippen LogP contribution in [0.15, 0.2) is 24.5 Å². The summed E-state index contributed by atoms with van der Waals surface area (Å²) in [5, 5.41) is 0. The zero-order valence-electron chi connectivity index (χ0n) is 8.56. The number of hydrogen-bond acceptors (Lipinski definition) is 5. The summed E-state index contributed by atoms with van der Waals surface area (Å²) in [5.41, 5.74) is 5.99. The highest BCUT2D eigenvalue weighted by molar-refractivity contribution is 6.15. The van der Waals surface area contributed by atoms with Gasteiger partial charge in [-0.15, -0.1) is 0 Å². The molecule has 1 rings (SSSR count). The fraction of sp³-hybridized carbons (Fsp3) is 0.200. The molecule has 0 aliphatic rings. The van der Waals surface area contributed by atoms with Gasteiger partial charge < -0.3 is 15.2 Å². The highest BCUT2D eigenvalue weighted by atomic mass is 16.5. The molecule has 1 aromatic heterocycles. The quantitative estimate of drug-likeness (QED) is 0.580. The van der Waals surface area contributed by atoms with Gasteiger partial charge in [-0.05, 0) is 12.1 Å². The van der Waals surface area contributed by atoms with Gasteiger partial charge in [0.05, 0.1) is 26.1 Å². The van der Waals surface area contributed by atoms with Gasteiger partial charge in [0.1, 0.15) is 11.3 Å². The topological polar surface area (TPSA) is 74.4 Å². The van der Waals surface area contributed by atoms with E-state index in [9.17, 15) is 4.79 Å². The number of hydrogen-bond donors (Lipinski definition) is 1. The summed E-state index contributed by atoms with van der Waals surface area (Å²) in [6, 6.07) is 3.32. The maximum atomic E-state index is 11.3. The summed E-state index contributed by atoms with van der Waals surface area (Å²) < 4.78 is 9.50. The van der Waals surface area contributed by atoms with Gasteiger partial charge in [-0.25, -0.2) is 4.79 Å². The van der Waals surface area contributed by atoms with Crippen molar-refractivity contribution in [2.75, 3.05) is 14.2 Å². The van der Waals surface area contributed by atoms with Crippen molar-refractivity contribution in [3.63, 3.8) is 0 Å². The molecule has 0 saturated heterocycles. The van der Waals surface area contributed by atoms with E-state index in [1.54, 1.807) is 12.1 Å². The Morgan fingerprint density at radius 1 is 1.47 bits per heavy atom. The number of carbonyl (C=O) groups is 1. The molecule has 0 bridgehead atoms. The number of rotatable bonds is 3. The number of esters is 1. The molecule has 0 radical (unpaired) electrons. The molecule has 0 spiro atoms. The smallest absolute Gasteiger partial charge is 0.341 e. The van der Waals surface area contributed by atoms with Crippen molar-refractivity contribution in [1.82, 2.24) is 4.98 Å². The minimum Gasteiger partial charge on any atom is -0.495 e. The van der Waals surface area contributed by atoms with Crippen LogP contribution in [0.5, 0.6) is 5.75 Å². The van der Waals surface area contributed by atoms with Gasteiger partial charge in [0, 0.05) is 6.20 Å². The molecule has 2 N–H and O–H groups in total. The van der Waals surface area contributed by atoms with Gasteiger partial charge in [0.25, 0.3) is 0 Å². The third kappa shape index (κ3) is 2.46. The minimum absolute atomic E-state index is 0.222. The van der Waals surface area contributed by atoms with Gasteiger partial charge >= 0.3 is 5.97 Å². The number of methoxy groups -OCH3 is 2. The van der Waals surface area contributed by atoms with E-state index >= 15 is 0 Å². The van der Waals surface area contributed by atoms with Gasteiger partial charge in [-0.2, -0.15) is 0 Å². The van der Waals surface area contributed by atoms with Crippen LogP contribution in [0.3, 0.4) is 0 Å². The molecule has 0 atom stereocenters. The van der Waals surface area contributed by atoms with Crippen molar-refractivity contribution in [1.29, 1.82) is 0 Å². The lowest BCUT2D eigenvalue weighted by atomic mass is 10.2. The van der Waals surface area contributed by atoms with E-state index in [4.69, 9.17) is 10.5 Å². The van der Waals surface area contributed by atoms with Crippen LogP contribution in [-0.2, 0) is 9.53 Å². The molecule has 0 saturated carbocycles. The lowest BCUT2D eigenvalue weighted by Crippen LogP contribution is -2.07. The molecule has 1 aromatic rings. The fourth-order valence-corrected chi connectivity index (χ4v) is 1.03. The average molecular weight is 208 g/mol. The van der Waals surface area contributed by atoms with Crippen LogP contribution in [-0.4, -0.2) is 25.2 Å². The van der Waals surface area contributed by atoms with Crippen LogP contribution in [0.25, 0.3) is 5.57 Å². The molecule has 80 valence electrons. The second-order valence-corrected chi connectivity index (χ2v) is 2.66. The number of nitrogens with zero attached hydrogens (tertiary/aromatic N) is 1. The van der Waals surface area contributed by atoms with E-state index in [1.165, 1.54) is 26.6 Å². The van der Waals surface area contributed by atoms with Gasteiger partial charge in [-0.3, -0.25) is 4.98 Å². The first-order chi connectivity index (χ1) is 7.22. The summed E-state index contributed by atoms with van der Waals surface area (Å²) in [7, 11) is 2.83. The van der Waals surface area contributed by atoms with Crippen molar-refractivity contribution < 1.29 is 14.3 Å². The Kier molecular flexibility index (Phi) is 3.68.